The van der Waals surface area contributed by atoms with Crippen LogP contribution in [0, 0.1) is 17.6 Å². The zero-order chi connectivity index (χ0) is 28.5. The second-order valence-corrected chi connectivity index (χ2v) is 11.6. The van der Waals surface area contributed by atoms with Crippen LogP contribution in [0.25, 0.3) is 11.1 Å². The van der Waals surface area contributed by atoms with Crippen LogP contribution in [0.5, 0.6) is 0 Å². The van der Waals surface area contributed by atoms with Crippen LogP contribution in [0.15, 0.2) is 48.6 Å². The van der Waals surface area contributed by atoms with E-state index in [4.69, 9.17) is 0 Å². The largest absolute Gasteiger partial charge is 0.303 e. The topological polar surface area (TPSA) is 6.48 Å². The molecule has 0 aromatic heterocycles. The van der Waals surface area contributed by atoms with Crippen LogP contribution >= 0.6 is 0 Å². The summed E-state index contributed by atoms with van der Waals surface area (Å²) in [5.41, 5.74) is 4.72. The standard InChI is InChI=1S/C32H39F5N2/c1-20(2)25-8-6-9-26(16-25)27-12-21(3)39(19-32(5,36)37)31(22(27)4)30-28(34)14-23(15-29(30)35)13-24-17-38(18-24)11-7-10-33/h6,8-9,14-16,21,24,31H,1,7,10-13,17-19H2,2-5H3/t21-,31?/m1/s1. The zero-order valence-electron chi connectivity index (χ0n) is 23.3. The second-order valence-electron chi connectivity index (χ2n) is 11.6. The molecule has 4 rings (SSSR count). The monoisotopic (exact) mass is 546 g/mol. The fraction of sp³-hybridized carbons (Fsp3) is 0.500. The van der Waals surface area contributed by atoms with Gasteiger partial charge in [-0.25, -0.2) is 17.6 Å². The third-order valence-corrected chi connectivity index (χ3v) is 8.02. The summed E-state index contributed by atoms with van der Waals surface area (Å²) < 4.78 is 72.7. The summed E-state index contributed by atoms with van der Waals surface area (Å²) in [7, 11) is 0. The Hall–Kier alpha value is -2.51. The minimum atomic E-state index is -3.03. The lowest BCUT2D eigenvalue weighted by molar-refractivity contribution is -0.0360. The highest BCUT2D eigenvalue weighted by molar-refractivity contribution is 5.74. The van der Waals surface area contributed by atoms with Gasteiger partial charge in [-0.1, -0.05) is 30.4 Å². The average molecular weight is 547 g/mol. The van der Waals surface area contributed by atoms with Gasteiger partial charge in [-0.3, -0.25) is 9.29 Å². The molecule has 2 aromatic rings. The Morgan fingerprint density at radius 3 is 2.36 bits per heavy atom. The van der Waals surface area contributed by atoms with Gasteiger partial charge < -0.3 is 4.90 Å². The van der Waals surface area contributed by atoms with Crippen molar-refractivity contribution in [3.8, 4) is 0 Å². The fourth-order valence-electron chi connectivity index (χ4n) is 6.13. The van der Waals surface area contributed by atoms with Crippen molar-refractivity contribution >= 4 is 11.1 Å². The molecule has 1 unspecified atom stereocenters. The number of rotatable bonds is 10. The van der Waals surface area contributed by atoms with Crippen molar-refractivity contribution in [2.24, 2.45) is 5.92 Å². The molecule has 39 heavy (non-hydrogen) atoms. The number of benzene rings is 2. The van der Waals surface area contributed by atoms with E-state index < -0.39 is 30.1 Å². The smallest absolute Gasteiger partial charge is 0.257 e. The maximum absolute atomic E-state index is 15.8. The molecule has 2 nitrogen and oxygen atoms in total. The van der Waals surface area contributed by atoms with Crippen molar-refractivity contribution in [2.75, 3.05) is 32.9 Å². The van der Waals surface area contributed by atoms with Gasteiger partial charge in [0, 0.05) is 38.2 Å². The molecule has 2 heterocycles. The number of hydrogen-bond donors (Lipinski definition) is 0. The van der Waals surface area contributed by atoms with Crippen LogP contribution < -0.4 is 0 Å². The molecule has 212 valence electrons. The number of allylic oxidation sites excluding steroid dienone is 1. The third-order valence-electron chi connectivity index (χ3n) is 8.02. The molecule has 1 fully saturated rings. The van der Waals surface area contributed by atoms with Crippen molar-refractivity contribution in [2.45, 2.75) is 65.0 Å². The number of nitrogens with zero attached hydrogens (tertiary/aromatic N) is 2. The lowest BCUT2D eigenvalue weighted by Gasteiger charge is -2.44. The van der Waals surface area contributed by atoms with E-state index in [1.165, 1.54) is 17.0 Å². The first-order valence-corrected chi connectivity index (χ1v) is 13.7. The minimum Gasteiger partial charge on any atom is -0.303 e. The van der Waals surface area contributed by atoms with Gasteiger partial charge in [0.25, 0.3) is 5.92 Å². The molecule has 1 saturated heterocycles. The molecule has 0 saturated carbocycles. The Balaban J connectivity index is 1.70. The van der Waals surface area contributed by atoms with E-state index in [-0.39, 0.29) is 24.2 Å². The van der Waals surface area contributed by atoms with E-state index in [9.17, 15) is 13.2 Å². The second kappa shape index (κ2) is 11.9. The van der Waals surface area contributed by atoms with Gasteiger partial charge in [-0.15, -0.1) is 0 Å². The van der Waals surface area contributed by atoms with Crippen LogP contribution in [-0.2, 0) is 6.42 Å². The number of alkyl halides is 3. The molecule has 0 N–H and O–H groups in total. The summed E-state index contributed by atoms with van der Waals surface area (Å²) in [5.74, 6) is -4.20. The lowest BCUT2D eigenvalue weighted by atomic mass is 9.81. The molecule has 7 heteroatoms. The third kappa shape index (κ3) is 6.80. The minimum absolute atomic E-state index is 0.182. The normalized spacial score (nSPS) is 21.4. The SMILES string of the molecule is C=C(C)c1cccc(C2=C(C)C(c3c(F)cc(CC4CN(CCCF)C4)cc3F)N(CC(C)(F)F)[C@H](C)C2)c1. The number of hydrogen-bond acceptors (Lipinski definition) is 2. The number of likely N-dealkylation sites (tertiary alicyclic amines) is 1. The van der Waals surface area contributed by atoms with Gasteiger partial charge in [-0.05, 0) is 92.0 Å². The van der Waals surface area contributed by atoms with Crippen molar-refractivity contribution in [1.29, 1.82) is 0 Å². The average Bonchev–Trinajstić information content (AvgIpc) is 2.83. The summed E-state index contributed by atoms with van der Waals surface area (Å²) in [6.07, 6.45) is 1.50. The summed E-state index contributed by atoms with van der Waals surface area (Å²) in [4.78, 5) is 3.67. The van der Waals surface area contributed by atoms with Gasteiger partial charge in [0.2, 0.25) is 0 Å². The molecule has 0 amide bonds. The van der Waals surface area contributed by atoms with Gasteiger partial charge in [0.05, 0.1) is 19.3 Å². The summed E-state index contributed by atoms with van der Waals surface area (Å²) in [6, 6.07) is 9.22. The Bertz CT molecular complexity index is 1200. The van der Waals surface area contributed by atoms with Crippen molar-refractivity contribution in [3.63, 3.8) is 0 Å². The van der Waals surface area contributed by atoms with Crippen molar-refractivity contribution < 1.29 is 22.0 Å². The van der Waals surface area contributed by atoms with E-state index in [2.05, 4.69) is 11.5 Å². The van der Waals surface area contributed by atoms with Gasteiger partial charge in [0.1, 0.15) is 11.6 Å². The Labute approximate surface area is 229 Å². The Kier molecular flexibility index (Phi) is 9.01. The van der Waals surface area contributed by atoms with Crippen LogP contribution in [0.1, 0.15) is 68.8 Å². The summed E-state index contributed by atoms with van der Waals surface area (Å²) in [6.45, 7) is 11.7. The molecule has 2 aromatic carbocycles. The molecule has 0 radical (unpaired) electrons. The Morgan fingerprint density at radius 2 is 1.77 bits per heavy atom. The van der Waals surface area contributed by atoms with Gasteiger partial charge in [-0.2, -0.15) is 0 Å². The molecular weight excluding hydrogens is 507 g/mol. The quantitative estimate of drug-likeness (QED) is 0.278. The maximum Gasteiger partial charge on any atom is 0.257 e. The highest BCUT2D eigenvalue weighted by atomic mass is 19.3. The predicted octanol–water partition coefficient (Wildman–Crippen LogP) is 8.10. The van der Waals surface area contributed by atoms with Crippen LogP contribution in [-0.4, -0.2) is 54.6 Å². The van der Waals surface area contributed by atoms with Gasteiger partial charge in [0.15, 0.2) is 0 Å². The fourth-order valence-corrected chi connectivity index (χ4v) is 6.13. The van der Waals surface area contributed by atoms with Gasteiger partial charge >= 0.3 is 0 Å². The summed E-state index contributed by atoms with van der Waals surface area (Å²) in [5, 5.41) is 0. The summed E-state index contributed by atoms with van der Waals surface area (Å²) >= 11 is 0. The first-order valence-electron chi connectivity index (χ1n) is 13.7. The molecule has 2 aliphatic heterocycles. The number of halogens is 5. The van der Waals surface area contributed by atoms with E-state index >= 15 is 8.78 Å². The van der Waals surface area contributed by atoms with Crippen LogP contribution in [0.3, 0.4) is 0 Å². The van der Waals surface area contributed by atoms with E-state index in [1.807, 2.05) is 38.1 Å². The van der Waals surface area contributed by atoms with E-state index in [1.54, 1.807) is 6.92 Å². The van der Waals surface area contributed by atoms with Crippen molar-refractivity contribution in [1.82, 2.24) is 9.80 Å². The molecule has 0 spiro atoms. The molecular formula is C32H39F5N2. The first-order chi connectivity index (χ1) is 18.4. The van der Waals surface area contributed by atoms with Crippen molar-refractivity contribution in [3.05, 3.63) is 82.4 Å². The molecule has 0 aliphatic carbocycles. The van der Waals surface area contributed by atoms with E-state index in [0.717, 1.165) is 42.3 Å². The zero-order valence-corrected chi connectivity index (χ0v) is 23.3. The molecule has 2 atom stereocenters. The van der Waals surface area contributed by atoms with Crippen LogP contribution in [0.4, 0.5) is 22.0 Å². The van der Waals surface area contributed by atoms with Crippen LogP contribution in [0.2, 0.25) is 0 Å². The molecule has 0 bridgehead atoms. The lowest BCUT2D eigenvalue weighted by Crippen LogP contribution is -2.48. The maximum atomic E-state index is 15.8. The molecule has 2 aliphatic rings. The Morgan fingerprint density at radius 1 is 1.10 bits per heavy atom. The highest BCUT2D eigenvalue weighted by Gasteiger charge is 2.40. The van der Waals surface area contributed by atoms with E-state index in [0.29, 0.717) is 36.9 Å². The highest BCUT2D eigenvalue weighted by Crippen LogP contribution is 2.45. The first kappa shape index (κ1) is 29.5. The predicted molar refractivity (Wildman–Crippen MR) is 148 cm³/mol.